The van der Waals surface area contributed by atoms with Crippen LogP contribution in [0.3, 0.4) is 0 Å². The minimum atomic E-state index is 0.183. The van der Waals surface area contributed by atoms with E-state index in [0.717, 1.165) is 12.8 Å². The number of rotatable bonds is 0. The number of ketones is 2. The first-order valence-corrected chi connectivity index (χ1v) is 3.33. The molecule has 0 atom stereocenters. The zero-order valence-corrected chi connectivity index (χ0v) is 5.09. The lowest BCUT2D eigenvalue weighted by Crippen LogP contribution is -2.42. The summed E-state index contributed by atoms with van der Waals surface area (Å²) in [4.78, 5) is 21.6. The predicted molar refractivity (Wildman–Crippen MR) is 30.8 cm³/mol. The van der Waals surface area contributed by atoms with Crippen LogP contribution in [0.5, 0.6) is 0 Å². The first-order valence-electron chi connectivity index (χ1n) is 3.33. The van der Waals surface area contributed by atoms with E-state index < -0.39 is 0 Å². The smallest absolute Gasteiger partial charge is 0.143 e. The molecular formula is C7H8O2. The molecule has 0 amide bonds. The van der Waals surface area contributed by atoms with Crippen molar-refractivity contribution < 1.29 is 9.59 Å². The van der Waals surface area contributed by atoms with E-state index in [1.54, 1.807) is 0 Å². The number of fused-ring (bicyclic) bond motifs is 2. The largest absolute Gasteiger partial charge is 0.299 e. The summed E-state index contributed by atoms with van der Waals surface area (Å²) in [6.45, 7) is 0. The third kappa shape index (κ3) is 0.560. The summed E-state index contributed by atoms with van der Waals surface area (Å²) in [5, 5.41) is 0. The molecule has 3 aliphatic carbocycles. The molecule has 0 spiro atoms. The van der Waals surface area contributed by atoms with Gasteiger partial charge in [-0.1, -0.05) is 0 Å². The van der Waals surface area contributed by atoms with Gasteiger partial charge in [0.05, 0.1) is 6.42 Å². The first-order chi connectivity index (χ1) is 4.27. The molecule has 0 aromatic carbocycles. The molecule has 0 unspecified atom stereocenters. The van der Waals surface area contributed by atoms with E-state index in [0.29, 0.717) is 0 Å². The minimum Gasteiger partial charge on any atom is -0.299 e. The number of Topliss-reactive ketones (excluding diaryl/α,β-unsaturated/α-hetero) is 2. The Hall–Kier alpha value is -0.660. The summed E-state index contributed by atoms with van der Waals surface area (Å²) in [6.07, 6.45) is 1.95. The van der Waals surface area contributed by atoms with Crippen molar-refractivity contribution in [2.45, 2.75) is 19.3 Å². The number of carbonyl (C=O) groups is 2. The highest BCUT2D eigenvalue weighted by Gasteiger charge is 2.44. The molecule has 2 heteroatoms. The summed E-state index contributed by atoms with van der Waals surface area (Å²) in [6, 6.07) is 0. The Kier molecular flexibility index (Phi) is 0.821. The van der Waals surface area contributed by atoms with Gasteiger partial charge in [0.15, 0.2) is 0 Å². The summed E-state index contributed by atoms with van der Waals surface area (Å²) >= 11 is 0. The molecule has 3 fully saturated rings. The zero-order chi connectivity index (χ0) is 6.43. The maximum atomic E-state index is 10.8. The normalized spacial score (nSPS) is 40.4. The molecule has 3 aliphatic rings. The van der Waals surface area contributed by atoms with Crippen molar-refractivity contribution in [2.75, 3.05) is 0 Å². The Morgan fingerprint density at radius 1 is 1.00 bits per heavy atom. The summed E-state index contributed by atoms with van der Waals surface area (Å²) in [5.74, 6) is 0.908. The maximum absolute atomic E-state index is 10.8. The van der Waals surface area contributed by atoms with E-state index in [-0.39, 0.29) is 29.8 Å². The van der Waals surface area contributed by atoms with Crippen molar-refractivity contribution in [2.24, 2.45) is 11.8 Å². The summed E-state index contributed by atoms with van der Waals surface area (Å²) in [5.41, 5.74) is 0. The molecule has 0 saturated heterocycles. The molecule has 0 radical (unpaired) electrons. The number of hydrogen-bond donors (Lipinski definition) is 0. The fourth-order valence-electron chi connectivity index (χ4n) is 1.60. The third-order valence-corrected chi connectivity index (χ3v) is 2.40. The molecule has 48 valence electrons. The fourth-order valence-corrected chi connectivity index (χ4v) is 1.60. The van der Waals surface area contributed by atoms with Gasteiger partial charge in [-0.3, -0.25) is 9.59 Å². The lowest BCUT2D eigenvalue weighted by molar-refractivity contribution is -0.143. The van der Waals surface area contributed by atoms with Gasteiger partial charge in [-0.15, -0.1) is 0 Å². The Balaban J connectivity index is 2.21. The van der Waals surface area contributed by atoms with Gasteiger partial charge in [0, 0.05) is 11.8 Å². The SMILES string of the molecule is O=C1CC(=O)C2CC1C2. The van der Waals surface area contributed by atoms with Crippen LogP contribution in [0.25, 0.3) is 0 Å². The second kappa shape index (κ2) is 1.43. The highest BCUT2D eigenvalue weighted by atomic mass is 16.2. The molecule has 0 aromatic rings. The Morgan fingerprint density at radius 3 is 1.67 bits per heavy atom. The van der Waals surface area contributed by atoms with Crippen LogP contribution < -0.4 is 0 Å². The van der Waals surface area contributed by atoms with Crippen molar-refractivity contribution in [3.63, 3.8) is 0 Å². The monoisotopic (exact) mass is 124 g/mol. The Morgan fingerprint density at radius 2 is 1.44 bits per heavy atom. The molecule has 3 saturated carbocycles. The molecular weight excluding hydrogens is 116 g/mol. The van der Waals surface area contributed by atoms with Gasteiger partial charge >= 0.3 is 0 Å². The van der Waals surface area contributed by atoms with Crippen molar-refractivity contribution >= 4 is 11.6 Å². The predicted octanol–water partition coefficient (Wildman–Crippen LogP) is 0.554. The van der Waals surface area contributed by atoms with Crippen molar-refractivity contribution in [3.05, 3.63) is 0 Å². The van der Waals surface area contributed by atoms with Gasteiger partial charge in [0.2, 0.25) is 0 Å². The Labute approximate surface area is 53.2 Å². The van der Waals surface area contributed by atoms with Crippen molar-refractivity contribution in [1.29, 1.82) is 0 Å². The molecule has 0 N–H and O–H groups in total. The lowest BCUT2D eigenvalue weighted by Gasteiger charge is -2.37. The molecule has 2 bridgehead atoms. The van der Waals surface area contributed by atoms with E-state index in [1.165, 1.54) is 0 Å². The lowest BCUT2D eigenvalue weighted by atomic mass is 9.64. The molecule has 3 rings (SSSR count). The van der Waals surface area contributed by atoms with E-state index in [9.17, 15) is 9.59 Å². The maximum Gasteiger partial charge on any atom is 0.143 e. The highest BCUT2D eigenvalue weighted by Crippen LogP contribution is 2.40. The molecule has 2 nitrogen and oxygen atoms in total. The van der Waals surface area contributed by atoms with Crippen LogP contribution in [0.15, 0.2) is 0 Å². The van der Waals surface area contributed by atoms with Gasteiger partial charge in [-0.25, -0.2) is 0 Å². The molecule has 0 aromatic heterocycles. The van der Waals surface area contributed by atoms with E-state index in [1.807, 2.05) is 0 Å². The minimum absolute atomic E-state index is 0.183. The molecule has 0 heterocycles. The van der Waals surface area contributed by atoms with Crippen LogP contribution in [0, 0.1) is 11.8 Å². The zero-order valence-electron chi connectivity index (χ0n) is 5.09. The quantitative estimate of drug-likeness (QED) is 0.442. The van der Waals surface area contributed by atoms with Gasteiger partial charge in [-0.2, -0.15) is 0 Å². The van der Waals surface area contributed by atoms with Crippen molar-refractivity contribution in [3.8, 4) is 0 Å². The summed E-state index contributed by atoms with van der Waals surface area (Å²) < 4.78 is 0. The average molecular weight is 124 g/mol. The van der Waals surface area contributed by atoms with Crippen molar-refractivity contribution in [1.82, 2.24) is 0 Å². The second-order valence-electron chi connectivity index (χ2n) is 2.97. The average Bonchev–Trinajstić information content (AvgIpc) is 1.57. The van der Waals surface area contributed by atoms with Gasteiger partial charge < -0.3 is 0 Å². The van der Waals surface area contributed by atoms with Gasteiger partial charge in [-0.05, 0) is 12.8 Å². The molecule has 9 heavy (non-hydrogen) atoms. The van der Waals surface area contributed by atoms with E-state index in [4.69, 9.17) is 0 Å². The van der Waals surface area contributed by atoms with E-state index >= 15 is 0 Å². The van der Waals surface area contributed by atoms with Gasteiger partial charge in [0.25, 0.3) is 0 Å². The number of carbonyl (C=O) groups excluding carboxylic acids is 2. The topological polar surface area (TPSA) is 34.1 Å². The number of hydrogen-bond acceptors (Lipinski definition) is 2. The molecule has 0 aliphatic heterocycles. The van der Waals surface area contributed by atoms with Gasteiger partial charge in [0.1, 0.15) is 11.6 Å². The fraction of sp³-hybridized carbons (Fsp3) is 0.714. The second-order valence-corrected chi connectivity index (χ2v) is 2.97. The van der Waals surface area contributed by atoms with Crippen LogP contribution in [0.1, 0.15) is 19.3 Å². The van der Waals surface area contributed by atoms with Crippen LogP contribution in [0.2, 0.25) is 0 Å². The third-order valence-electron chi connectivity index (χ3n) is 2.40. The summed E-state index contributed by atoms with van der Waals surface area (Å²) in [7, 11) is 0. The Bertz CT molecular complexity index is 159. The first kappa shape index (κ1) is 5.15. The van der Waals surface area contributed by atoms with Crippen LogP contribution >= 0.6 is 0 Å². The van der Waals surface area contributed by atoms with Crippen LogP contribution in [0.4, 0.5) is 0 Å². The van der Waals surface area contributed by atoms with Crippen LogP contribution in [-0.2, 0) is 9.59 Å². The van der Waals surface area contributed by atoms with E-state index in [2.05, 4.69) is 0 Å². The standard InChI is InChI=1S/C7H8O2/c8-6-3-7(9)5-1-4(6)2-5/h4-5H,1-3H2. The highest BCUT2D eigenvalue weighted by molar-refractivity contribution is 6.06. The van der Waals surface area contributed by atoms with Crippen LogP contribution in [-0.4, -0.2) is 11.6 Å².